The topological polar surface area (TPSA) is 48.5 Å². The second kappa shape index (κ2) is 7.45. The molecule has 0 saturated carbocycles. The van der Waals surface area contributed by atoms with Gasteiger partial charge in [-0.05, 0) is 31.7 Å². The highest BCUT2D eigenvalue weighted by Gasteiger charge is 2.15. The second-order valence-electron chi connectivity index (χ2n) is 6.36. The highest BCUT2D eigenvalue weighted by atomic mass is 16.1. The Morgan fingerprint density at radius 1 is 1.08 bits per heavy atom. The van der Waals surface area contributed by atoms with Crippen molar-refractivity contribution in [3.63, 3.8) is 0 Å². The summed E-state index contributed by atoms with van der Waals surface area (Å²) in [6, 6.07) is 11.9. The number of nitrogens with zero attached hydrogens (tertiary/aromatic N) is 3. The van der Waals surface area contributed by atoms with Crippen molar-refractivity contribution in [2.75, 3.05) is 38.1 Å². The molecule has 0 bridgehead atoms. The molecule has 0 unspecified atom stereocenters. The Balaban J connectivity index is 1.56. The fourth-order valence-corrected chi connectivity index (χ4v) is 2.75. The quantitative estimate of drug-likeness (QED) is 0.935. The number of hydrogen-bond donors (Lipinski definition) is 1. The van der Waals surface area contributed by atoms with Crippen LogP contribution in [-0.2, 0) is 6.54 Å². The normalized spacial score (nSPS) is 15.3. The standard InChI is InChI=1S/C19H24N4O/c1-15-3-5-16(6-4-15)13-21-19(24)18-8-7-17(14-20-18)23-11-9-22(2)10-12-23/h3-8,14H,9-13H2,1-2H3,(H,21,24). The largest absolute Gasteiger partial charge is 0.368 e. The van der Waals surface area contributed by atoms with Gasteiger partial charge in [-0.3, -0.25) is 4.79 Å². The number of aromatic nitrogens is 1. The van der Waals surface area contributed by atoms with Crippen LogP contribution in [0, 0.1) is 6.92 Å². The van der Waals surface area contributed by atoms with Gasteiger partial charge in [0.1, 0.15) is 5.69 Å². The maximum absolute atomic E-state index is 12.2. The van der Waals surface area contributed by atoms with E-state index in [1.807, 2.05) is 37.3 Å². The molecule has 5 nitrogen and oxygen atoms in total. The molecule has 0 aliphatic carbocycles. The summed E-state index contributed by atoms with van der Waals surface area (Å²) in [5, 5.41) is 2.92. The van der Waals surface area contributed by atoms with Gasteiger partial charge in [0.15, 0.2) is 0 Å². The SMILES string of the molecule is Cc1ccc(CNC(=O)c2ccc(N3CCN(C)CC3)cn2)cc1. The Morgan fingerprint density at radius 3 is 2.42 bits per heavy atom. The summed E-state index contributed by atoms with van der Waals surface area (Å²) in [6.07, 6.45) is 1.80. The molecule has 24 heavy (non-hydrogen) atoms. The monoisotopic (exact) mass is 324 g/mol. The molecule has 1 aliphatic rings. The summed E-state index contributed by atoms with van der Waals surface area (Å²) in [4.78, 5) is 21.2. The van der Waals surface area contributed by atoms with Crippen LogP contribution in [0.4, 0.5) is 5.69 Å². The zero-order valence-corrected chi connectivity index (χ0v) is 14.3. The maximum Gasteiger partial charge on any atom is 0.270 e. The molecule has 5 heteroatoms. The Morgan fingerprint density at radius 2 is 1.79 bits per heavy atom. The summed E-state index contributed by atoms with van der Waals surface area (Å²) >= 11 is 0. The maximum atomic E-state index is 12.2. The number of amides is 1. The Labute approximate surface area is 143 Å². The van der Waals surface area contributed by atoms with Gasteiger partial charge in [0.05, 0.1) is 11.9 Å². The summed E-state index contributed by atoms with van der Waals surface area (Å²) < 4.78 is 0. The lowest BCUT2D eigenvalue weighted by Gasteiger charge is -2.33. The number of hydrogen-bond acceptors (Lipinski definition) is 4. The first-order valence-electron chi connectivity index (χ1n) is 8.35. The second-order valence-corrected chi connectivity index (χ2v) is 6.36. The van der Waals surface area contributed by atoms with Crippen molar-refractivity contribution in [2.24, 2.45) is 0 Å². The first kappa shape index (κ1) is 16.5. The third kappa shape index (κ3) is 4.11. The Bertz CT molecular complexity index is 674. The highest BCUT2D eigenvalue weighted by Crippen LogP contribution is 2.15. The van der Waals surface area contributed by atoms with Gasteiger partial charge in [-0.15, -0.1) is 0 Å². The minimum absolute atomic E-state index is 0.138. The van der Waals surface area contributed by atoms with Crippen LogP contribution in [0.2, 0.25) is 0 Å². The third-order valence-electron chi connectivity index (χ3n) is 4.42. The molecular weight excluding hydrogens is 300 g/mol. The first-order chi connectivity index (χ1) is 11.6. The molecule has 0 spiro atoms. The lowest BCUT2D eigenvalue weighted by Crippen LogP contribution is -2.44. The number of piperazine rings is 1. The third-order valence-corrected chi connectivity index (χ3v) is 4.42. The fourth-order valence-electron chi connectivity index (χ4n) is 2.75. The van der Waals surface area contributed by atoms with Crippen LogP contribution < -0.4 is 10.2 Å². The van der Waals surface area contributed by atoms with E-state index in [4.69, 9.17) is 0 Å². The number of benzene rings is 1. The van der Waals surface area contributed by atoms with Crippen molar-refractivity contribution in [1.82, 2.24) is 15.2 Å². The zero-order valence-electron chi connectivity index (χ0n) is 14.3. The van der Waals surface area contributed by atoms with Gasteiger partial charge in [-0.1, -0.05) is 29.8 Å². The van der Waals surface area contributed by atoms with E-state index in [1.165, 1.54) is 5.56 Å². The molecule has 0 atom stereocenters. The molecule has 1 amide bonds. The van der Waals surface area contributed by atoms with Crippen LogP contribution in [0.5, 0.6) is 0 Å². The molecule has 126 valence electrons. The van der Waals surface area contributed by atoms with E-state index < -0.39 is 0 Å². The van der Waals surface area contributed by atoms with Crippen molar-refractivity contribution in [3.8, 4) is 0 Å². The van der Waals surface area contributed by atoms with E-state index >= 15 is 0 Å². The predicted octanol–water partition coefficient (Wildman–Crippen LogP) is 2.07. The van der Waals surface area contributed by atoms with Crippen LogP contribution in [0.3, 0.4) is 0 Å². The zero-order chi connectivity index (χ0) is 16.9. The van der Waals surface area contributed by atoms with Gasteiger partial charge in [0.25, 0.3) is 5.91 Å². The number of likely N-dealkylation sites (N-methyl/N-ethyl adjacent to an activating group) is 1. The summed E-state index contributed by atoms with van der Waals surface area (Å²) in [5.41, 5.74) is 3.84. The van der Waals surface area contributed by atoms with E-state index in [0.717, 1.165) is 37.4 Å². The molecule has 1 aromatic carbocycles. The predicted molar refractivity (Wildman–Crippen MR) is 96.3 cm³/mol. The van der Waals surface area contributed by atoms with Gasteiger partial charge in [-0.2, -0.15) is 0 Å². The fraction of sp³-hybridized carbons (Fsp3) is 0.368. The molecule has 1 aliphatic heterocycles. The van der Waals surface area contributed by atoms with Gasteiger partial charge in [0, 0.05) is 32.7 Å². The lowest BCUT2D eigenvalue weighted by molar-refractivity contribution is 0.0946. The molecule has 1 aromatic heterocycles. The molecule has 0 radical (unpaired) electrons. The number of nitrogens with one attached hydrogen (secondary N) is 1. The van der Waals surface area contributed by atoms with Crippen molar-refractivity contribution >= 4 is 11.6 Å². The summed E-state index contributed by atoms with van der Waals surface area (Å²) in [5.74, 6) is -0.138. The molecular formula is C19H24N4O. The molecule has 1 fully saturated rings. The Hall–Kier alpha value is -2.40. The van der Waals surface area contributed by atoms with Crippen molar-refractivity contribution in [3.05, 3.63) is 59.4 Å². The van der Waals surface area contributed by atoms with Crippen molar-refractivity contribution < 1.29 is 4.79 Å². The molecule has 2 heterocycles. The van der Waals surface area contributed by atoms with Gasteiger partial charge >= 0.3 is 0 Å². The minimum Gasteiger partial charge on any atom is -0.368 e. The average Bonchev–Trinajstić information content (AvgIpc) is 2.62. The Kier molecular flexibility index (Phi) is 5.11. The number of carbonyl (C=O) groups is 1. The van der Waals surface area contributed by atoms with Crippen molar-refractivity contribution in [1.29, 1.82) is 0 Å². The smallest absolute Gasteiger partial charge is 0.270 e. The van der Waals surface area contributed by atoms with E-state index in [9.17, 15) is 4.79 Å². The molecule has 3 rings (SSSR count). The van der Waals surface area contributed by atoms with E-state index in [2.05, 4.69) is 27.1 Å². The number of pyridine rings is 1. The van der Waals surface area contributed by atoms with Crippen molar-refractivity contribution in [2.45, 2.75) is 13.5 Å². The minimum atomic E-state index is -0.138. The van der Waals surface area contributed by atoms with E-state index in [-0.39, 0.29) is 5.91 Å². The van der Waals surface area contributed by atoms with Crippen LogP contribution in [0.1, 0.15) is 21.6 Å². The number of carbonyl (C=O) groups excluding carboxylic acids is 1. The van der Waals surface area contributed by atoms with E-state index in [1.54, 1.807) is 12.3 Å². The number of anilines is 1. The van der Waals surface area contributed by atoms with Gasteiger partial charge in [0.2, 0.25) is 0 Å². The summed E-state index contributed by atoms with van der Waals surface area (Å²) in [7, 11) is 2.14. The van der Waals surface area contributed by atoms with Crippen LogP contribution >= 0.6 is 0 Å². The first-order valence-corrected chi connectivity index (χ1v) is 8.35. The van der Waals surface area contributed by atoms with Gasteiger partial charge < -0.3 is 15.1 Å². The lowest BCUT2D eigenvalue weighted by atomic mass is 10.1. The van der Waals surface area contributed by atoms with Gasteiger partial charge in [-0.25, -0.2) is 4.98 Å². The van der Waals surface area contributed by atoms with Crippen LogP contribution in [-0.4, -0.2) is 49.0 Å². The average molecular weight is 324 g/mol. The molecule has 1 N–H and O–H groups in total. The van der Waals surface area contributed by atoms with Crippen LogP contribution in [0.15, 0.2) is 42.6 Å². The highest BCUT2D eigenvalue weighted by molar-refractivity contribution is 5.92. The van der Waals surface area contributed by atoms with E-state index in [0.29, 0.717) is 12.2 Å². The number of rotatable bonds is 4. The molecule has 1 saturated heterocycles. The number of aryl methyl sites for hydroxylation is 1. The molecule has 2 aromatic rings. The summed E-state index contributed by atoms with van der Waals surface area (Å²) in [6.45, 7) is 6.67. The van der Waals surface area contributed by atoms with Crippen LogP contribution in [0.25, 0.3) is 0 Å².